The van der Waals surface area contributed by atoms with Gasteiger partial charge in [0.15, 0.2) is 0 Å². The van der Waals surface area contributed by atoms with Gasteiger partial charge in [0.2, 0.25) is 5.91 Å². The number of carbonyl (C=O) groups excluding carboxylic acids is 1. The molecule has 4 nitrogen and oxygen atoms in total. The van der Waals surface area contributed by atoms with Gasteiger partial charge >= 0.3 is 0 Å². The Hall–Kier alpha value is -1.46. The second kappa shape index (κ2) is 7.04. The van der Waals surface area contributed by atoms with Crippen LogP contribution in [0.15, 0.2) is 24.3 Å². The number of rotatable bonds is 4. The molecule has 25 heavy (non-hydrogen) atoms. The number of ether oxygens (including phenoxy) is 1. The highest BCUT2D eigenvalue weighted by Gasteiger charge is 2.48. The van der Waals surface area contributed by atoms with Gasteiger partial charge in [0.05, 0.1) is 13.2 Å². The van der Waals surface area contributed by atoms with Gasteiger partial charge in [-0.25, -0.2) is 4.39 Å². The van der Waals surface area contributed by atoms with Crippen LogP contribution < -0.4 is 0 Å². The first kappa shape index (κ1) is 17.0. The predicted octanol–water partition coefficient (Wildman–Crippen LogP) is 2.50. The second-order valence-electron chi connectivity index (χ2n) is 7.63. The summed E-state index contributed by atoms with van der Waals surface area (Å²) < 4.78 is 18.9. The van der Waals surface area contributed by atoms with Crippen LogP contribution in [0.5, 0.6) is 0 Å². The number of benzene rings is 1. The zero-order valence-corrected chi connectivity index (χ0v) is 14.9. The summed E-state index contributed by atoms with van der Waals surface area (Å²) >= 11 is 0. The Labute approximate surface area is 148 Å². The van der Waals surface area contributed by atoms with E-state index in [-0.39, 0.29) is 23.6 Å². The van der Waals surface area contributed by atoms with Gasteiger partial charge in [0.1, 0.15) is 5.82 Å². The highest BCUT2D eigenvalue weighted by atomic mass is 19.1. The molecule has 0 radical (unpaired) electrons. The first-order valence-corrected chi connectivity index (χ1v) is 9.53. The molecule has 2 heterocycles. The standard InChI is InChI=1S/C20H27FN2O2/c1-2-14-12-23(13-19(14)22-6-8-25-9-7-22)20(24)18-11-17(18)15-4-3-5-16(21)10-15/h3-5,10,14,17-19H,2,6-9,11-13H2,1H3/t14-,17+,18-,19-/m1/s1. The molecule has 2 aliphatic heterocycles. The molecule has 0 bridgehead atoms. The molecule has 5 heteroatoms. The lowest BCUT2D eigenvalue weighted by molar-refractivity contribution is -0.132. The first-order chi connectivity index (χ1) is 12.2. The maximum atomic E-state index is 13.4. The summed E-state index contributed by atoms with van der Waals surface area (Å²) in [4.78, 5) is 17.5. The van der Waals surface area contributed by atoms with Crippen molar-refractivity contribution >= 4 is 5.91 Å². The monoisotopic (exact) mass is 346 g/mol. The molecule has 3 fully saturated rings. The van der Waals surface area contributed by atoms with Crippen molar-refractivity contribution in [3.05, 3.63) is 35.6 Å². The molecule has 3 aliphatic rings. The van der Waals surface area contributed by atoms with Crippen LogP contribution in [0.1, 0.15) is 31.2 Å². The first-order valence-electron chi connectivity index (χ1n) is 9.53. The maximum absolute atomic E-state index is 13.4. The van der Waals surface area contributed by atoms with E-state index in [4.69, 9.17) is 4.74 Å². The van der Waals surface area contributed by atoms with Crippen LogP contribution in [0.3, 0.4) is 0 Å². The molecular formula is C20H27FN2O2. The van der Waals surface area contributed by atoms with Crippen LogP contribution in [0.25, 0.3) is 0 Å². The van der Waals surface area contributed by atoms with E-state index in [1.165, 1.54) is 6.07 Å². The smallest absolute Gasteiger partial charge is 0.226 e. The van der Waals surface area contributed by atoms with E-state index < -0.39 is 0 Å². The van der Waals surface area contributed by atoms with Crippen molar-refractivity contribution in [1.29, 1.82) is 0 Å². The molecule has 1 aromatic rings. The molecule has 0 unspecified atom stereocenters. The number of hydrogen-bond donors (Lipinski definition) is 0. The third kappa shape index (κ3) is 3.44. The van der Waals surface area contributed by atoms with Gasteiger partial charge in [-0.1, -0.05) is 25.5 Å². The summed E-state index contributed by atoms with van der Waals surface area (Å²) in [5, 5.41) is 0. The Bertz CT molecular complexity index is 632. The van der Waals surface area contributed by atoms with Crippen molar-refractivity contribution in [3.63, 3.8) is 0 Å². The topological polar surface area (TPSA) is 32.8 Å². The minimum atomic E-state index is -0.213. The minimum absolute atomic E-state index is 0.0442. The quantitative estimate of drug-likeness (QED) is 0.840. The fourth-order valence-electron chi connectivity index (χ4n) is 4.57. The number of amides is 1. The zero-order valence-electron chi connectivity index (χ0n) is 14.9. The van der Waals surface area contributed by atoms with E-state index in [9.17, 15) is 9.18 Å². The summed E-state index contributed by atoms with van der Waals surface area (Å²) in [6.45, 7) is 7.46. The van der Waals surface area contributed by atoms with Gasteiger partial charge in [-0.05, 0) is 36.0 Å². The maximum Gasteiger partial charge on any atom is 0.226 e. The second-order valence-corrected chi connectivity index (χ2v) is 7.63. The molecule has 1 saturated carbocycles. The Kier molecular flexibility index (Phi) is 4.78. The molecule has 4 atom stereocenters. The molecule has 1 amide bonds. The Balaban J connectivity index is 1.40. The molecule has 1 aromatic carbocycles. The fourth-order valence-corrected chi connectivity index (χ4v) is 4.57. The Morgan fingerprint density at radius 1 is 1.28 bits per heavy atom. The Morgan fingerprint density at radius 3 is 2.80 bits per heavy atom. The van der Waals surface area contributed by atoms with Crippen molar-refractivity contribution in [3.8, 4) is 0 Å². The number of carbonyl (C=O) groups is 1. The van der Waals surface area contributed by atoms with Gasteiger partial charge in [-0.3, -0.25) is 9.69 Å². The molecule has 2 saturated heterocycles. The van der Waals surface area contributed by atoms with Crippen molar-refractivity contribution in [2.24, 2.45) is 11.8 Å². The number of likely N-dealkylation sites (tertiary alicyclic amines) is 1. The minimum Gasteiger partial charge on any atom is -0.379 e. The van der Waals surface area contributed by atoms with Gasteiger partial charge in [0.25, 0.3) is 0 Å². The normalized spacial score (nSPS) is 32.8. The average molecular weight is 346 g/mol. The summed E-state index contributed by atoms with van der Waals surface area (Å²) in [7, 11) is 0. The number of nitrogens with zero attached hydrogens (tertiary/aromatic N) is 2. The highest BCUT2D eigenvalue weighted by molar-refractivity contribution is 5.83. The van der Waals surface area contributed by atoms with Crippen LogP contribution in [0.4, 0.5) is 4.39 Å². The number of morpholine rings is 1. The van der Waals surface area contributed by atoms with Crippen molar-refractivity contribution in [2.45, 2.75) is 31.7 Å². The highest BCUT2D eigenvalue weighted by Crippen LogP contribution is 2.49. The number of halogens is 1. The van der Waals surface area contributed by atoms with E-state index in [1.54, 1.807) is 12.1 Å². The van der Waals surface area contributed by atoms with Crippen LogP contribution in [0, 0.1) is 17.7 Å². The van der Waals surface area contributed by atoms with Crippen molar-refractivity contribution in [2.75, 3.05) is 39.4 Å². The largest absolute Gasteiger partial charge is 0.379 e. The van der Waals surface area contributed by atoms with Crippen molar-refractivity contribution in [1.82, 2.24) is 9.80 Å². The SMILES string of the molecule is CC[C@@H]1CN(C(=O)[C@@H]2C[C@H]2c2cccc(F)c2)C[C@H]1N1CCOCC1. The van der Waals surface area contributed by atoms with E-state index in [1.807, 2.05) is 6.07 Å². The summed E-state index contributed by atoms with van der Waals surface area (Å²) in [5.74, 6) is 0.848. The van der Waals surface area contributed by atoms with E-state index >= 15 is 0 Å². The van der Waals surface area contributed by atoms with Crippen LogP contribution in [-0.4, -0.2) is 61.1 Å². The third-order valence-corrected chi connectivity index (χ3v) is 6.14. The van der Waals surface area contributed by atoms with E-state index in [2.05, 4.69) is 16.7 Å². The fraction of sp³-hybridized carbons (Fsp3) is 0.650. The molecule has 0 spiro atoms. The Morgan fingerprint density at radius 2 is 2.08 bits per heavy atom. The molecule has 0 N–H and O–H groups in total. The molecule has 136 valence electrons. The van der Waals surface area contributed by atoms with Crippen LogP contribution in [0.2, 0.25) is 0 Å². The van der Waals surface area contributed by atoms with Gasteiger partial charge in [-0.2, -0.15) is 0 Å². The molecule has 0 aromatic heterocycles. The third-order valence-electron chi connectivity index (χ3n) is 6.14. The number of hydrogen-bond acceptors (Lipinski definition) is 3. The van der Waals surface area contributed by atoms with Gasteiger partial charge in [0, 0.05) is 38.1 Å². The predicted molar refractivity (Wildman–Crippen MR) is 93.8 cm³/mol. The molecular weight excluding hydrogens is 319 g/mol. The lowest BCUT2D eigenvalue weighted by atomic mass is 9.99. The van der Waals surface area contributed by atoms with Gasteiger partial charge < -0.3 is 9.64 Å². The van der Waals surface area contributed by atoms with Gasteiger partial charge in [-0.15, -0.1) is 0 Å². The molecule has 1 aliphatic carbocycles. The van der Waals surface area contributed by atoms with Crippen molar-refractivity contribution < 1.29 is 13.9 Å². The summed E-state index contributed by atoms with van der Waals surface area (Å²) in [6, 6.07) is 7.18. The lowest BCUT2D eigenvalue weighted by Gasteiger charge is -2.34. The van der Waals surface area contributed by atoms with Crippen LogP contribution in [-0.2, 0) is 9.53 Å². The summed E-state index contributed by atoms with van der Waals surface area (Å²) in [6.07, 6.45) is 1.96. The average Bonchev–Trinajstić information content (AvgIpc) is 3.33. The van der Waals surface area contributed by atoms with Crippen LogP contribution >= 0.6 is 0 Å². The lowest BCUT2D eigenvalue weighted by Crippen LogP contribution is -2.47. The summed E-state index contributed by atoms with van der Waals surface area (Å²) in [5.41, 5.74) is 0.967. The van der Waals surface area contributed by atoms with E-state index in [0.29, 0.717) is 12.0 Å². The van der Waals surface area contributed by atoms with E-state index in [0.717, 1.165) is 57.8 Å². The molecule has 4 rings (SSSR count). The zero-order chi connectivity index (χ0) is 17.4.